The first-order chi connectivity index (χ1) is 12.3. The van der Waals surface area contributed by atoms with Gasteiger partial charge in [0.05, 0.1) is 17.8 Å². The minimum absolute atomic E-state index is 0.0808. The summed E-state index contributed by atoms with van der Waals surface area (Å²) in [5.41, 5.74) is 1.26. The summed E-state index contributed by atoms with van der Waals surface area (Å²) < 4.78 is 33.3. The van der Waals surface area contributed by atoms with Crippen LogP contribution in [0, 0.1) is 0 Å². The molecule has 140 valence electrons. The number of thiophene rings is 1. The summed E-state index contributed by atoms with van der Waals surface area (Å²) >= 11 is 7.30. The zero-order valence-electron chi connectivity index (χ0n) is 14.4. The Morgan fingerprint density at radius 2 is 2.15 bits per heavy atom. The fourth-order valence-electron chi connectivity index (χ4n) is 2.81. The monoisotopic (exact) mass is 414 g/mol. The number of anilines is 1. The van der Waals surface area contributed by atoms with Gasteiger partial charge in [-0.25, -0.2) is 8.42 Å². The highest BCUT2D eigenvalue weighted by Crippen LogP contribution is 2.33. The lowest BCUT2D eigenvalue weighted by Gasteiger charge is -2.26. The average Bonchev–Trinajstić information content (AvgIpc) is 3.05. The van der Waals surface area contributed by atoms with Crippen molar-refractivity contribution in [3.63, 3.8) is 0 Å². The third kappa shape index (κ3) is 3.82. The van der Waals surface area contributed by atoms with Gasteiger partial charge in [-0.1, -0.05) is 18.5 Å². The first-order valence-electron chi connectivity index (χ1n) is 8.09. The molecule has 0 bridgehead atoms. The van der Waals surface area contributed by atoms with Crippen molar-refractivity contribution in [1.82, 2.24) is 4.90 Å². The smallest absolute Gasteiger partial charge is 0.271 e. The minimum atomic E-state index is -3.72. The van der Waals surface area contributed by atoms with E-state index in [4.69, 9.17) is 16.3 Å². The molecular formula is C17H19ClN2O4S2. The normalized spacial score (nSPS) is 14.0. The molecule has 2 aromatic rings. The molecule has 2 heterocycles. The van der Waals surface area contributed by atoms with Crippen molar-refractivity contribution in [3.8, 4) is 5.75 Å². The summed E-state index contributed by atoms with van der Waals surface area (Å²) in [4.78, 5) is 14.7. The van der Waals surface area contributed by atoms with E-state index in [-0.39, 0.29) is 10.1 Å². The van der Waals surface area contributed by atoms with Gasteiger partial charge in [-0.3, -0.25) is 9.52 Å². The van der Waals surface area contributed by atoms with Gasteiger partial charge >= 0.3 is 0 Å². The van der Waals surface area contributed by atoms with Crippen molar-refractivity contribution < 1.29 is 17.9 Å². The minimum Gasteiger partial charge on any atom is -0.495 e. The van der Waals surface area contributed by atoms with Crippen molar-refractivity contribution in [1.29, 1.82) is 0 Å². The van der Waals surface area contributed by atoms with Gasteiger partial charge in [0.1, 0.15) is 9.96 Å². The third-order valence-electron chi connectivity index (χ3n) is 4.17. The number of rotatable bonds is 5. The SMILES string of the molecule is CCC(=O)N1CCc2sc(S(=O)(=O)Nc3ccc(OC)c(Cl)c3)cc2C1. The molecule has 1 aliphatic rings. The zero-order chi connectivity index (χ0) is 18.9. The summed E-state index contributed by atoms with van der Waals surface area (Å²) in [7, 11) is -2.23. The lowest BCUT2D eigenvalue weighted by atomic mass is 10.1. The first kappa shape index (κ1) is 19.0. The maximum Gasteiger partial charge on any atom is 0.271 e. The third-order valence-corrected chi connectivity index (χ3v) is 7.56. The van der Waals surface area contributed by atoms with E-state index in [1.165, 1.54) is 24.5 Å². The number of nitrogens with one attached hydrogen (secondary N) is 1. The van der Waals surface area contributed by atoms with E-state index in [0.717, 1.165) is 10.4 Å². The Bertz CT molecular complexity index is 940. The summed E-state index contributed by atoms with van der Waals surface area (Å²) in [6.45, 7) is 2.91. The van der Waals surface area contributed by atoms with E-state index < -0.39 is 10.0 Å². The Labute approximate surface area is 161 Å². The number of fused-ring (bicyclic) bond motifs is 1. The summed E-state index contributed by atoms with van der Waals surface area (Å²) in [5, 5.41) is 0.326. The van der Waals surface area contributed by atoms with Crippen molar-refractivity contribution in [2.45, 2.75) is 30.5 Å². The van der Waals surface area contributed by atoms with Crippen molar-refractivity contribution in [2.75, 3.05) is 18.4 Å². The van der Waals surface area contributed by atoms with E-state index in [1.807, 2.05) is 6.92 Å². The fourth-order valence-corrected chi connectivity index (χ4v) is 5.66. The predicted octanol–water partition coefficient (Wildman–Crippen LogP) is 3.51. The maximum absolute atomic E-state index is 12.7. The Morgan fingerprint density at radius 1 is 1.38 bits per heavy atom. The standard InChI is InChI=1S/C17H19ClN2O4S2/c1-3-16(21)20-7-6-15-11(10-20)8-17(25-15)26(22,23)19-12-4-5-14(24-2)13(18)9-12/h4-5,8-9,19H,3,6-7,10H2,1-2H3. The second kappa shape index (κ2) is 7.46. The van der Waals surface area contributed by atoms with Crippen LogP contribution in [0.25, 0.3) is 0 Å². The van der Waals surface area contributed by atoms with Crippen LogP contribution in [0.2, 0.25) is 5.02 Å². The summed E-state index contributed by atoms with van der Waals surface area (Å²) in [6, 6.07) is 6.36. The van der Waals surface area contributed by atoms with Crippen LogP contribution in [0.15, 0.2) is 28.5 Å². The molecule has 6 nitrogen and oxygen atoms in total. The second-order valence-corrected chi connectivity index (χ2v) is 9.34. The highest BCUT2D eigenvalue weighted by molar-refractivity contribution is 7.94. The Morgan fingerprint density at radius 3 is 2.81 bits per heavy atom. The number of methoxy groups -OCH3 is 1. The van der Waals surface area contributed by atoms with Gasteiger partial charge in [0.15, 0.2) is 0 Å². The van der Waals surface area contributed by atoms with Crippen molar-refractivity contribution >= 4 is 44.6 Å². The van der Waals surface area contributed by atoms with Gasteiger partial charge in [0.25, 0.3) is 10.0 Å². The first-order valence-corrected chi connectivity index (χ1v) is 10.8. The van der Waals surface area contributed by atoms with Crippen LogP contribution in [-0.2, 0) is 27.8 Å². The average molecular weight is 415 g/mol. The maximum atomic E-state index is 12.7. The predicted molar refractivity (Wildman–Crippen MR) is 103 cm³/mol. The molecule has 0 atom stereocenters. The topological polar surface area (TPSA) is 75.7 Å². The van der Waals surface area contributed by atoms with E-state index in [0.29, 0.717) is 42.4 Å². The fraction of sp³-hybridized carbons (Fsp3) is 0.353. The van der Waals surface area contributed by atoms with Gasteiger partial charge in [-0.05, 0) is 36.2 Å². The van der Waals surface area contributed by atoms with Crippen LogP contribution in [0.3, 0.4) is 0 Å². The number of hydrogen-bond acceptors (Lipinski definition) is 5. The molecule has 0 saturated carbocycles. The zero-order valence-corrected chi connectivity index (χ0v) is 16.8. The molecule has 3 rings (SSSR count). The number of benzene rings is 1. The van der Waals surface area contributed by atoms with E-state index in [2.05, 4.69) is 4.72 Å². The second-order valence-electron chi connectivity index (χ2n) is 5.89. The van der Waals surface area contributed by atoms with E-state index in [1.54, 1.807) is 23.1 Å². The molecule has 0 saturated heterocycles. The largest absolute Gasteiger partial charge is 0.495 e. The van der Waals surface area contributed by atoms with Crippen LogP contribution in [0.5, 0.6) is 5.75 Å². The Kier molecular flexibility index (Phi) is 5.45. The number of halogens is 1. The highest BCUT2D eigenvalue weighted by Gasteiger charge is 2.26. The molecule has 0 radical (unpaired) electrons. The highest BCUT2D eigenvalue weighted by atomic mass is 35.5. The van der Waals surface area contributed by atoms with Gasteiger partial charge in [0.2, 0.25) is 5.91 Å². The number of sulfonamides is 1. The molecule has 0 spiro atoms. The molecule has 0 fully saturated rings. The van der Waals surface area contributed by atoms with Gasteiger partial charge in [-0.2, -0.15) is 0 Å². The molecule has 1 N–H and O–H groups in total. The lowest BCUT2D eigenvalue weighted by Crippen LogP contribution is -2.34. The number of nitrogens with zero attached hydrogens (tertiary/aromatic N) is 1. The molecule has 0 aliphatic carbocycles. The molecule has 1 aromatic heterocycles. The van der Waals surface area contributed by atoms with Crippen molar-refractivity contribution in [3.05, 3.63) is 39.7 Å². The molecular weight excluding hydrogens is 396 g/mol. The molecule has 26 heavy (non-hydrogen) atoms. The number of carbonyl (C=O) groups excluding carboxylic acids is 1. The van der Waals surface area contributed by atoms with Gasteiger partial charge < -0.3 is 9.64 Å². The van der Waals surface area contributed by atoms with Crippen LogP contribution < -0.4 is 9.46 Å². The number of hydrogen-bond donors (Lipinski definition) is 1. The summed E-state index contributed by atoms with van der Waals surface area (Å²) in [6.07, 6.45) is 1.13. The molecule has 9 heteroatoms. The summed E-state index contributed by atoms with van der Waals surface area (Å²) in [5.74, 6) is 0.555. The lowest BCUT2D eigenvalue weighted by molar-refractivity contribution is -0.131. The Balaban J connectivity index is 1.82. The number of carbonyl (C=O) groups is 1. The van der Waals surface area contributed by atoms with Crippen LogP contribution in [0.4, 0.5) is 5.69 Å². The number of ether oxygens (including phenoxy) is 1. The van der Waals surface area contributed by atoms with Gasteiger partial charge in [0, 0.05) is 24.4 Å². The molecule has 1 aromatic carbocycles. The van der Waals surface area contributed by atoms with E-state index in [9.17, 15) is 13.2 Å². The van der Waals surface area contributed by atoms with Crippen LogP contribution in [-0.4, -0.2) is 32.9 Å². The van der Waals surface area contributed by atoms with Crippen LogP contribution >= 0.6 is 22.9 Å². The quantitative estimate of drug-likeness (QED) is 0.812. The number of amides is 1. The molecule has 0 unspecified atom stereocenters. The van der Waals surface area contributed by atoms with Crippen LogP contribution in [0.1, 0.15) is 23.8 Å². The Hall–Kier alpha value is -1.77. The molecule has 1 amide bonds. The molecule has 1 aliphatic heterocycles. The van der Waals surface area contributed by atoms with Crippen molar-refractivity contribution in [2.24, 2.45) is 0 Å². The van der Waals surface area contributed by atoms with E-state index >= 15 is 0 Å². The van der Waals surface area contributed by atoms with Gasteiger partial charge in [-0.15, -0.1) is 11.3 Å².